The summed E-state index contributed by atoms with van der Waals surface area (Å²) < 4.78 is 22.4. The largest absolute Gasteiger partial charge is 0.491 e. The summed E-state index contributed by atoms with van der Waals surface area (Å²) in [5, 5.41) is 0. The number of aryl methyl sites for hydroxylation is 1. The number of hydrogen-bond donors (Lipinski definition) is 0. The van der Waals surface area contributed by atoms with Crippen LogP contribution in [0.4, 0.5) is 4.39 Å². The second-order valence-electron chi connectivity index (χ2n) is 6.60. The van der Waals surface area contributed by atoms with Gasteiger partial charge in [0.05, 0.1) is 23.1 Å². The molecule has 0 aliphatic rings. The molecule has 0 N–H and O–H groups in total. The van der Waals surface area contributed by atoms with Gasteiger partial charge in [-0.3, -0.25) is 0 Å². The van der Waals surface area contributed by atoms with Crippen LogP contribution in [0.25, 0.3) is 22.4 Å². The van der Waals surface area contributed by atoms with Crippen molar-refractivity contribution in [1.29, 1.82) is 0 Å². The molecule has 0 saturated carbocycles. The second kappa shape index (κ2) is 7.23. The number of imidazole rings is 1. The van der Waals surface area contributed by atoms with Gasteiger partial charge in [-0.05, 0) is 55.3 Å². The Kier molecular flexibility index (Phi) is 4.63. The molecule has 136 valence electrons. The minimum absolute atomic E-state index is 0.274. The first-order valence-corrected chi connectivity index (χ1v) is 9.04. The third-order valence-electron chi connectivity index (χ3n) is 4.90. The molecule has 0 spiro atoms. The number of ether oxygens (including phenoxy) is 1. The molecule has 0 saturated heterocycles. The van der Waals surface area contributed by atoms with Crippen LogP contribution in [0.3, 0.4) is 0 Å². The van der Waals surface area contributed by atoms with Gasteiger partial charge >= 0.3 is 0 Å². The van der Waals surface area contributed by atoms with Crippen molar-refractivity contribution < 1.29 is 9.13 Å². The van der Waals surface area contributed by atoms with Crippen LogP contribution < -0.4 is 4.74 Å². The number of rotatable bonds is 5. The van der Waals surface area contributed by atoms with Gasteiger partial charge in [-0.1, -0.05) is 36.4 Å². The van der Waals surface area contributed by atoms with Crippen LogP contribution in [0, 0.1) is 19.7 Å². The van der Waals surface area contributed by atoms with E-state index in [2.05, 4.69) is 24.9 Å². The van der Waals surface area contributed by atoms with Crippen molar-refractivity contribution in [1.82, 2.24) is 9.55 Å². The smallest absolute Gasteiger partial charge is 0.144 e. The lowest BCUT2D eigenvalue weighted by Gasteiger charge is -2.13. The molecule has 4 aromatic rings. The molecule has 0 amide bonds. The topological polar surface area (TPSA) is 27.1 Å². The van der Waals surface area contributed by atoms with Gasteiger partial charge in [-0.2, -0.15) is 0 Å². The zero-order valence-electron chi connectivity index (χ0n) is 15.4. The number of para-hydroxylation sites is 2. The molecule has 27 heavy (non-hydrogen) atoms. The predicted molar refractivity (Wildman–Crippen MR) is 107 cm³/mol. The van der Waals surface area contributed by atoms with E-state index in [9.17, 15) is 4.39 Å². The summed E-state index contributed by atoms with van der Waals surface area (Å²) in [4.78, 5) is 4.67. The molecule has 1 heterocycles. The molecule has 4 heteroatoms. The highest BCUT2D eigenvalue weighted by Gasteiger charge is 2.15. The number of halogens is 1. The first-order valence-electron chi connectivity index (χ1n) is 9.04. The highest BCUT2D eigenvalue weighted by molar-refractivity contribution is 5.80. The van der Waals surface area contributed by atoms with Crippen molar-refractivity contribution in [3.63, 3.8) is 0 Å². The van der Waals surface area contributed by atoms with E-state index in [0.29, 0.717) is 24.5 Å². The lowest BCUT2D eigenvalue weighted by atomic mass is 10.1. The molecule has 3 nitrogen and oxygen atoms in total. The Morgan fingerprint density at radius 3 is 2.56 bits per heavy atom. The van der Waals surface area contributed by atoms with Crippen LogP contribution in [0.2, 0.25) is 0 Å². The Bertz CT molecular complexity index is 1100. The first-order chi connectivity index (χ1) is 13.1. The summed E-state index contributed by atoms with van der Waals surface area (Å²) in [6, 6.07) is 20.7. The number of nitrogens with zero attached hydrogens (tertiary/aromatic N) is 2. The van der Waals surface area contributed by atoms with Gasteiger partial charge in [-0.15, -0.1) is 0 Å². The first kappa shape index (κ1) is 17.3. The quantitative estimate of drug-likeness (QED) is 0.467. The van der Waals surface area contributed by atoms with E-state index in [1.165, 1.54) is 11.6 Å². The van der Waals surface area contributed by atoms with Crippen molar-refractivity contribution in [3.8, 4) is 17.1 Å². The Balaban J connectivity index is 1.67. The molecule has 1 aromatic heterocycles. The zero-order valence-corrected chi connectivity index (χ0v) is 15.4. The monoisotopic (exact) mass is 360 g/mol. The van der Waals surface area contributed by atoms with Crippen LogP contribution in [0.15, 0.2) is 66.7 Å². The molecule has 0 fully saturated rings. The van der Waals surface area contributed by atoms with Crippen molar-refractivity contribution >= 4 is 11.0 Å². The van der Waals surface area contributed by atoms with Crippen molar-refractivity contribution in [3.05, 3.63) is 83.7 Å². The average molecular weight is 360 g/mol. The number of aromatic nitrogens is 2. The van der Waals surface area contributed by atoms with E-state index < -0.39 is 0 Å². The molecule has 0 bridgehead atoms. The lowest BCUT2D eigenvalue weighted by molar-refractivity contribution is 0.298. The molecular weight excluding hydrogens is 339 g/mol. The molecule has 3 aromatic carbocycles. The van der Waals surface area contributed by atoms with Crippen LogP contribution in [0.5, 0.6) is 5.75 Å². The predicted octanol–water partition coefficient (Wildman–Crippen LogP) is 5.54. The Morgan fingerprint density at radius 2 is 1.70 bits per heavy atom. The van der Waals surface area contributed by atoms with Gasteiger partial charge in [0.25, 0.3) is 0 Å². The van der Waals surface area contributed by atoms with Gasteiger partial charge in [0, 0.05) is 0 Å². The van der Waals surface area contributed by atoms with Crippen LogP contribution in [0.1, 0.15) is 11.1 Å². The third kappa shape index (κ3) is 3.31. The highest BCUT2D eigenvalue weighted by atomic mass is 19.1. The fraction of sp³-hybridized carbons (Fsp3) is 0.174. The molecule has 0 radical (unpaired) electrons. The number of fused-ring (bicyclic) bond motifs is 1. The minimum atomic E-state index is -0.274. The number of benzene rings is 3. The van der Waals surface area contributed by atoms with Crippen molar-refractivity contribution in [2.75, 3.05) is 6.61 Å². The fourth-order valence-corrected chi connectivity index (χ4v) is 3.28. The number of hydrogen-bond acceptors (Lipinski definition) is 2. The molecule has 4 rings (SSSR count). The van der Waals surface area contributed by atoms with E-state index in [1.54, 1.807) is 12.1 Å². The Hall–Kier alpha value is -3.14. The normalized spacial score (nSPS) is 11.1. The van der Waals surface area contributed by atoms with Gasteiger partial charge in [0.2, 0.25) is 0 Å². The molecule has 0 unspecified atom stereocenters. The van der Waals surface area contributed by atoms with Crippen LogP contribution in [-0.2, 0) is 6.54 Å². The summed E-state index contributed by atoms with van der Waals surface area (Å²) in [6.45, 7) is 5.19. The van der Waals surface area contributed by atoms with Crippen molar-refractivity contribution in [2.45, 2.75) is 20.4 Å². The van der Waals surface area contributed by atoms with Gasteiger partial charge < -0.3 is 9.30 Å². The maximum Gasteiger partial charge on any atom is 0.144 e. The van der Waals surface area contributed by atoms with E-state index in [-0.39, 0.29) is 5.82 Å². The fourth-order valence-electron chi connectivity index (χ4n) is 3.28. The van der Waals surface area contributed by atoms with E-state index >= 15 is 0 Å². The molecular formula is C23H21FN2O. The van der Waals surface area contributed by atoms with E-state index in [0.717, 1.165) is 22.3 Å². The maximum atomic E-state index is 14.4. The summed E-state index contributed by atoms with van der Waals surface area (Å²) in [7, 11) is 0. The lowest BCUT2D eigenvalue weighted by Crippen LogP contribution is -2.10. The van der Waals surface area contributed by atoms with E-state index in [1.807, 2.05) is 47.0 Å². The van der Waals surface area contributed by atoms with Gasteiger partial charge in [0.1, 0.15) is 24.0 Å². The SMILES string of the molecule is Cc1cccc(OCCn2c(-c3ccccc3F)nc3ccccc32)c1C. The summed E-state index contributed by atoms with van der Waals surface area (Å²) in [5.74, 6) is 1.23. The summed E-state index contributed by atoms with van der Waals surface area (Å²) in [5.41, 5.74) is 4.66. The van der Waals surface area contributed by atoms with Crippen LogP contribution in [-0.4, -0.2) is 16.2 Å². The van der Waals surface area contributed by atoms with Gasteiger partial charge in [-0.25, -0.2) is 9.37 Å². The maximum absolute atomic E-state index is 14.4. The second-order valence-corrected chi connectivity index (χ2v) is 6.60. The summed E-state index contributed by atoms with van der Waals surface area (Å²) in [6.07, 6.45) is 0. The molecule has 0 aliphatic carbocycles. The standard InChI is InChI=1S/C23H21FN2O/c1-16-8-7-13-22(17(16)2)27-15-14-26-21-12-6-5-11-20(21)25-23(26)18-9-3-4-10-19(18)24/h3-13H,14-15H2,1-2H3. The average Bonchev–Trinajstić information content (AvgIpc) is 3.04. The Labute approximate surface area is 158 Å². The third-order valence-corrected chi connectivity index (χ3v) is 4.90. The van der Waals surface area contributed by atoms with Gasteiger partial charge in [0.15, 0.2) is 0 Å². The Morgan fingerprint density at radius 1 is 0.926 bits per heavy atom. The van der Waals surface area contributed by atoms with Crippen LogP contribution >= 0.6 is 0 Å². The minimum Gasteiger partial charge on any atom is -0.491 e. The molecule has 0 aliphatic heterocycles. The zero-order chi connectivity index (χ0) is 18.8. The molecule has 0 atom stereocenters. The van der Waals surface area contributed by atoms with Crippen molar-refractivity contribution in [2.24, 2.45) is 0 Å². The summed E-state index contributed by atoms with van der Waals surface area (Å²) >= 11 is 0. The highest BCUT2D eigenvalue weighted by Crippen LogP contribution is 2.27. The van der Waals surface area contributed by atoms with E-state index in [4.69, 9.17) is 4.74 Å².